The van der Waals surface area contributed by atoms with Gasteiger partial charge in [-0.1, -0.05) is 20.3 Å². The number of rotatable bonds is 8. The lowest BCUT2D eigenvalue weighted by molar-refractivity contribution is 0.295. The topological polar surface area (TPSA) is 66.4 Å². The van der Waals surface area contributed by atoms with Gasteiger partial charge < -0.3 is 5.11 Å². The standard InChI is InChI=1S/C9H21NO3S/c1-3-6-9(4-2)10-14(12,13)8-5-7-11/h9-11H,3-8H2,1-2H3. The third-order valence-corrected chi connectivity index (χ3v) is 3.57. The smallest absolute Gasteiger partial charge is 0.211 e. The van der Waals surface area contributed by atoms with Crippen LogP contribution in [-0.4, -0.2) is 31.9 Å². The zero-order chi connectivity index (χ0) is 11.0. The van der Waals surface area contributed by atoms with E-state index >= 15 is 0 Å². The predicted molar refractivity (Wildman–Crippen MR) is 57.6 cm³/mol. The van der Waals surface area contributed by atoms with Crippen molar-refractivity contribution >= 4 is 10.0 Å². The Kier molecular flexibility index (Phi) is 7.13. The summed E-state index contributed by atoms with van der Waals surface area (Å²) in [5, 5.41) is 8.53. The van der Waals surface area contributed by atoms with E-state index in [9.17, 15) is 8.42 Å². The summed E-state index contributed by atoms with van der Waals surface area (Å²) in [6.07, 6.45) is 2.96. The molecule has 2 N–H and O–H groups in total. The van der Waals surface area contributed by atoms with E-state index in [1.807, 2.05) is 13.8 Å². The van der Waals surface area contributed by atoms with Crippen LogP contribution in [-0.2, 0) is 10.0 Å². The first-order valence-corrected chi connectivity index (χ1v) is 6.81. The van der Waals surface area contributed by atoms with E-state index in [4.69, 9.17) is 5.11 Å². The third-order valence-electron chi connectivity index (χ3n) is 2.05. The monoisotopic (exact) mass is 223 g/mol. The predicted octanol–water partition coefficient (Wildman–Crippen LogP) is 0.867. The fourth-order valence-corrected chi connectivity index (χ4v) is 2.68. The zero-order valence-electron chi connectivity index (χ0n) is 8.99. The Balaban J connectivity index is 4.04. The highest BCUT2D eigenvalue weighted by Crippen LogP contribution is 2.03. The largest absolute Gasteiger partial charge is 0.396 e. The van der Waals surface area contributed by atoms with Crippen LogP contribution < -0.4 is 4.72 Å². The van der Waals surface area contributed by atoms with E-state index in [1.165, 1.54) is 0 Å². The van der Waals surface area contributed by atoms with Gasteiger partial charge in [0.15, 0.2) is 0 Å². The molecule has 0 amide bonds. The molecule has 1 atom stereocenters. The van der Waals surface area contributed by atoms with Crippen LogP contribution in [0.15, 0.2) is 0 Å². The van der Waals surface area contributed by atoms with E-state index in [-0.39, 0.29) is 18.4 Å². The SMILES string of the molecule is CCCC(CC)NS(=O)(=O)CCCO. The Bertz CT molecular complexity index is 226. The van der Waals surface area contributed by atoms with Crippen molar-refractivity contribution < 1.29 is 13.5 Å². The van der Waals surface area contributed by atoms with Crippen LogP contribution in [0.1, 0.15) is 39.5 Å². The number of aliphatic hydroxyl groups excluding tert-OH is 1. The maximum atomic E-state index is 11.4. The van der Waals surface area contributed by atoms with Crippen LogP contribution in [0.25, 0.3) is 0 Å². The van der Waals surface area contributed by atoms with Crippen LogP contribution >= 0.6 is 0 Å². The highest BCUT2D eigenvalue weighted by molar-refractivity contribution is 7.89. The summed E-state index contributed by atoms with van der Waals surface area (Å²) in [5.41, 5.74) is 0. The van der Waals surface area contributed by atoms with Crippen molar-refractivity contribution in [2.75, 3.05) is 12.4 Å². The fraction of sp³-hybridized carbons (Fsp3) is 1.00. The van der Waals surface area contributed by atoms with Crippen LogP contribution in [0.2, 0.25) is 0 Å². The molecule has 0 aliphatic rings. The number of nitrogens with one attached hydrogen (secondary N) is 1. The fourth-order valence-electron chi connectivity index (χ4n) is 1.26. The molecule has 0 aromatic heterocycles. The molecule has 86 valence electrons. The Labute approximate surface area is 86.8 Å². The lowest BCUT2D eigenvalue weighted by Gasteiger charge is -2.15. The van der Waals surface area contributed by atoms with Crippen LogP contribution in [0.5, 0.6) is 0 Å². The second kappa shape index (κ2) is 7.20. The lowest BCUT2D eigenvalue weighted by Crippen LogP contribution is -2.36. The molecule has 0 aromatic rings. The number of hydrogen-bond acceptors (Lipinski definition) is 3. The molecule has 0 radical (unpaired) electrons. The first-order valence-electron chi connectivity index (χ1n) is 5.16. The summed E-state index contributed by atoms with van der Waals surface area (Å²) in [4.78, 5) is 0. The van der Waals surface area contributed by atoms with Gasteiger partial charge in [-0.2, -0.15) is 0 Å². The quantitative estimate of drug-likeness (QED) is 0.641. The summed E-state index contributed by atoms with van der Waals surface area (Å²) in [6.45, 7) is 3.92. The second-order valence-electron chi connectivity index (χ2n) is 3.41. The minimum Gasteiger partial charge on any atom is -0.396 e. The molecule has 5 heteroatoms. The summed E-state index contributed by atoms with van der Waals surface area (Å²) in [7, 11) is -3.19. The van der Waals surface area contributed by atoms with E-state index in [1.54, 1.807) is 0 Å². The van der Waals surface area contributed by atoms with Crippen LogP contribution in [0.3, 0.4) is 0 Å². The zero-order valence-corrected chi connectivity index (χ0v) is 9.81. The summed E-state index contributed by atoms with van der Waals surface area (Å²) in [5.74, 6) is 0.0176. The molecule has 14 heavy (non-hydrogen) atoms. The average molecular weight is 223 g/mol. The Morgan fingerprint density at radius 2 is 2.00 bits per heavy atom. The molecule has 0 aliphatic heterocycles. The maximum absolute atomic E-state index is 11.4. The van der Waals surface area contributed by atoms with E-state index < -0.39 is 10.0 Å². The average Bonchev–Trinajstić information content (AvgIpc) is 2.14. The van der Waals surface area contributed by atoms with Gasteiger partial charge in [-0.05, 0) is 19.3 Å². The van der Waals surface area contributed by atoms with Crippen molar-refractivity contribution in [2.45, 2.75) is 45.6 Å². The molecule has 0 spiro atoms. The minimum absolute atomic E-state index is 0.0176. The highest BCUT2D eigenvalue weighted by atomic mass is 32.2. The molecule has 0 saturated carbocycles. The van der Waals surface area contributed by atoms with E-state index in [0.29, 0.717) is 6.42 Å². The Morgan fingerprint density at radius 1 is 1.36 bits per heavy atom. The van der Waals surface area contributed by atoms with Crippen LogP contribution in [0, 0.1) is 0 Å². The van der Waals surface area contributed by atoms with Gasteiger partial charge >= 0.3 is 0 Å². The van der Waals surface area contributed by atoms with Crippen molar-refractivity contribution in [3.8, 4) is 0 Å². The first-order chi connectivity index (χ1) is 6.55. The van der Waals surface area contributed by atoms with E-state index in [2.05, 4.69) is 4.72 Å². The summed E-state index contributed by atoms with van der Waals surface area (Å²) in [6, 6.07) is 0.0451. The minimum atomic E-state index is -3.19. The number of aliphatic hydroxyl groups is 1. The summed E-state index contributed by atoms with van der Waals surface area (Å²) < 4.78 is 25.5. The van der Waals surface area contributed by atoms with Gasteiger partial charge in [-0.3, -0.25) is 0 Å². The molecule has 0 heterocycles. The molecule has 0 aliphatic carbocycles. The van der Waals surface area contributed by atoms with Gasteiger partial charge in [0.05, 0.1) is 5.75 Å². The number of sulfonamides is 1. The van der Waals surface area contributed by atoms with Crippen molar-refractivity contribution in [3.05, 3.63) is 0 Å². The van der Waals surface area contributed by atoms with Crippen molar-refractivity contribution in [2.24, 2.45) is 0 Å². The molecule has 0 bridgehead atoms. The third kappa shape index (κ3) is 6.34. The molecular formula is C9H21NO3S. The van der Waals surface area contributed by atoms with Gasteiger partial charge in [0.1, 0.15) is 0 Å². The van der Waals surface area contributed by atoms with Crippen LogP contribution in [0.4, 0.5) is 0 Å². The normalized spacial score (nSPS) is 14.2. The molecule has 0 aromatic carbocycles. The van der Waals surface area contributed by atoms with Crippen molar-refractivity contribution in [1.82, 2.24) is 4.72 Å². The first kappa shape index (κ1) is 13.9. The Hall–Kier alpha value is -0.130. The van der Waals surface area contributed by atoms with Gasteiger partial charge in [0, 0.05) is 12.6 Å². The molecule has 4 nitrogen and oxygen atoms in total. The molecule has 1 unspecified atom stereocenters. The van der Waals surface area contributed by atoms with Gasteiger partial charge in [-0.25, -0.2) is 13.1 Å². The van der Waals surface area contributed by atoms with Gasteiger partial charge in [0.2, 0.25) is 10.0 Å². The Morgan fingerprint density at radius 3 is 2.43 bits per heavy atom. The molecule has 0 saturated heterocycles. The molecule has 0 fully saturated rings. The second-order valence-corrected chi connectivity index (χ2v) is 5.28. The van der Waals surface area contributed by atoms with Gasteiger partial charge in [-0.15, -0.1) is 0 Å². The van der Waals surface area contributed by atoms with E-state index in [0.717, 1.165) is 19.3 Å². The maximum Gasteiger partial charge on any atom is 0.211 e. The lowest BCUT2D eigenvalue weighted by atomic mass is 10.1. The number of hydrogen-bond donors (Lipinski definition) is 2. The van der Waals surface area contributed by atoms with Crippen molar-refractivity contribution in [1.29, 1.82) is 0 Å². The molecule has 0 rings (SSSR count). The van der Waals surface area contributed by atoms with Crippen molar-refractivity contribution in [3.63, 3.8) is 0 Å². The highest BCUT2D eigenvalue weighted by Gasteiger charge is 2.14. The van der Waals surface area contributed by atoms with Gasteiger partial charge in [0.25, 0.3) is 0 Å². The molecular weight excluding hydrogens is 202 g/mol. The summed E-state index contributed by atoms with van der Waals surface area (Å²) >= 11 is 0.